The molecule has 5 heterocycles. The SMILES string of the molecule is CC1Cc2ccc(-c3ccnc(C(=O)N4CCCC4)c3)cc2CN1c1cc(N2CCN(C)CC2)nc(N)n1. The molecule has 2 fully saturated rings. The second-order valence-electron chi connectivity index (χ2n) is 10.8. The number of nitrogens with zero attached hydrogens (tertiary/aromatic N) is 7. The fourth-order valence-electron chi connectivity index (χ4n) is 5.82. The van der Waals surface area contributed by atoms with Crippen molar-refractivity contribution < 1.29 is 4.79 Å². The van der Waals surface area contributed by atoms with Crippen LogP contribution in [0.15, 0.2) is 42.6 Å². The summed E-state index contributed by atoms with van der Waals surface area (Å²) in [7, 11) is 2.15. The smallest absolute Gasteiger partial charge is 0.272 e. The molecule has 198 valence electrons. The first-order chi connectivity index (χ1) is 18.4. The number of carbonyl (C=O) groups excluding carboxylic acids is 1. The number of hydrogen-bond acceptors (Lipinski definition) is 8. The number of amides is 1. The van der Waals surface area contributed by atoms with Gasteiger partial charge in [0.15, 0.2) is 0 Å². The van der Waals surface area contributed by atoms with Crippen molar-refractivity contribution in [3.05, 3.63) is 59.4 Å². The van der Waals surface area contributed by atoms with Gasteiger partial charge in [0.1, 0.15) is 17.3 Å². The third-order valence-electron chi connectivity index (χ3n) is 8.14. The topological polar surface area (TPSA) is 94.7 Å². The van der Waals surface area contributed by atoms with Gasteiger partial charge in [-0.25, -0.2) is 0 Å². The van der Waals surface area contributed by atoms with E-state index in [9.17, 15) is 4.79 Å². The predicted molar refractivity (Wildman–Crippen MR) is 150 cm³/mol. The van der Waals surface area contributed by atoms with Crippen LogP contribution in [0.1, 0.15) is 41.4 Å². The first-order valence-electron chi connectivity index (χ1n) is 13.7. The first-order valence-corrected chi connectivity index (χ1v) is 13.7. The van der Waals surface area contributed by atoms with E-state index in [4.69, 9.17) is 5.73 Å². The minimum atomic E-state index is 0.0276. The standard InChI is InChI=1S/C29H36N8O/c1-20-15-21-5-6-22(23-7-8-31-25(17-23)28(38)36-9-3-4-10-36)16-24(21)19-37(20)27-18-26(32-29(30)33-27)35-13-11-34(2)12-14-35/h5-8,16-18,20H,3-4,9-15,19H2,1-2H3,(H2,30,32,33). The minimum Gasteiger partial charge on any atom is -0.368 e. The van der Waals surface area contributed by atoms with Gasteiger partial charge in [0.25, 0.3) is 5.91 Å². The highest BCUT2D eigenvalue weighted by Crippen LogP contribution is 2.32. The summed E-state index contributed by atoms with van der Waals surface area (Å²) in [6.07, 6.45) is 4.81. The molecule has 1 atom stereocenters. The zero-order valence-corrected chi connectivity index (χ0v) is 22.3. The summed E-state index contributed by atoms with van der Waals surface area (Å²) in [4.78, 5) is 35.4. The molecule has 0 radical (unpaired) electrons. The Labute approximate surface area is 224 Å². The number of likely N-dealkylation sites (tertiary alicyclic amines) is 1. The molecule has 1 unspecified atom stereocenters. The van der Waals surface area contributed by atoms with E-state index in [-0.39, 0.29) is 11.9 Å². The molecule has 6 rings (SSSR count). The van der Waals surface area contributed by atoms with Crippen molar-refractivity contribution in [2.75, 3.05) is 61.8 Å². The van der Waals surface area contributed by atoms with E-state index >= 15 is 0 Å². The molecule has 1 aromatic carbocycles. The van der Waals surface area contributed by atoms with Crippen molar-refractivity contribution in [3.63, 3.8) is 0 Å². The second-order valence-corrected chi connectivity index (χ2v) is 10.8. The lowest BCUT2D eigenvalue weighted by Crippen LogP contribution is -2.45. The molecule has 2 saturated heterocycles. The zero-order valence-electron chi connectivity index (χ0n) is 22.3. The molecule has 9 heteroatoms. The normalized spacial score (nSPS) is 20.1. The van der Waals surface area contributed by atoms with Crippen LogP contribution in [0.2, 0.25) is 0 Å². The Morgan fingerprint density at radius 3 is 2.42 bits per heavy atom. The van der Waals surface area contributed by atoms with Gasteiger partial charge < -0.3 is 25.3 Å². The number of nitrogens with two attached hydrogens (primary N) is 1. The molecular weight excluding hydrogens is 476 g/mol. The Kier molecular flexibility index (Phi) is 6.61. The van der Waals surface area contributed by atoms with E-state index in [1.807, 2.05) is 17.0 Å². The summed E-state index contributed by atoms with van der Waals surface area (Å²) in [5.74, 6) is 2.12. The largest absolute Gasteiger partial charge is 0.368 e. The summed E-state index contributed by atoms with van der Waals surface area (Å²) >= 11 is 0. The lowest BCUT2D eigenvalue weighted by Gasteiger charge is -2.37. The lowest BCUT2D eigenvalue weighted by atomic mass is 9.91. The molecule has 3 aliphatic heterocycles. The molecule has 38 heavy (non-hydrogen) atoms. The van der Waals surface area contributed by atoms with Gasteiger partial charge in [-0.3, -0.25) is 9.78 Å². The van der Waals surface area contributed by atoms with E-state index in [1.54, 1.807) is 6.20 Å². The third kappa shape index (κ3) is 4.90. The molecule has 2 aromatic heterocycles. The van der Waals surface area contributed by atoms with Crippen LogP contribution < -0.4 is 15.5 Å². The number of fused-ring (bicyclic) bond motifs is 1. The molecule has 0 saturated carbocycles. The van der Waals surface area contributed by atoms with E-state index in [0.717, 1.165) is 87.8 Å². The number of aromatic nitrogens is 3. The number of rotatable bonds is 4. The van der Waals surface area contributed by atoms with Gasteiger partial charge in [-0.15, -0.1) is 0 Å². The van der Waals surface area contributed by atoms with E-state index in [0.29, 0.717) is 11.6 Å². The van der Waals surface area contributed by atoms with E-state index < -0.39 is 0 Å². The zero-order chi connectivity index (χ0) is 26.2. The van der Waals surface area contributed by atoms with Gasteiger partial charge in [0.2, 0.25) is 5.95 Å². The molecule has 2 N–H and O–H groups in total. The second kappa shape index (κ2) is 10.2. The molecule has 0 spiro atoms. The van der Waals surface area contributed by atoms with Crippen LogP contribution in [0, 0.1) is 0 Å². The van der Waals surface area contributed by atoms with Gasteiger partial charge in [0.05, 0.1) is 0 Å². The number of anilines is 3. The molecule has 1 amide bonds. The summed E-state index contributed by atoms with van der Waals surface area (Å²) in [6.45, 7) is 8.51. The van der Waals surface area contributed by atoms with Crippen LogP contribution in [0.4, 0.5) is 17.6 Å². The summed E-state index contributed by atoms with van der Waals surface area (Å²) < 4.78 is 0. The van der Waals surface area contributed by atoms with Crippen molar-refractivity contribution >= 4 is 23.5 Å². The maximum Gasteiger partial charge on any atom is 0.272 e. The number of pyridine rings is 1. The van der Waals surface area contributed by atoms with Gasteiger partial charge in [0, 0.05) is 64.1 Å². The van der Waals surface area contributed by atoms with Crippen molar-refractivity contribution in [3.8, 4) is 11.1 Å². The molecule has 3 aromatic rings. The number of nitrogen functional groups attached to an aromatic ring is 1. The van der Waals surface area contributed by atoms with Crippen LogP contribution in [-0.2, 0) is 13.0 Å². The molecule has 0 bridgehead atoms. The van der Waals surface area contributed by atoms with Crippen LogP contribution in [0.25, 0.3) is 11.1 Å². The Balaban J connectivity index is 1.26. The monoisotopic (exact) mass is 512 g/mol. The first kappa shape index (κ1) is 24.6. The fourth-order valence-corrected chi connectivity index (χ4v) is 5.82. The molecule has 0 aliphatic carbocycles. The lowest BCUT2D eigenvalue weighted by molar-refractivity contribution is 0.0787. The Morgan fingerprint density at radius 2 is 1.63 bits per heavy atom. The van der Waals surface area contributed by atoms with E-state index in [1.165, 1.54) is 11.1 Å². The van der Waals surface area contributed by atoms with Crippen LogP contribution in [0.3, 0.4) is 0 Å². The van der Waals surface area contributed by atoms with Crippen molar-refractivity contribution in [2.24, 2.45) is 0 Å². The van der Waals surface area contributed by atoms with Crippen LogP contribution in [0.5, 0.6) is 0 Å². The number of likely N-dealkylation sites (N-methyl/N-ethyl adjacent to an activating group) is 1. The highest BCUT2D eigenvalue weighted by Gasteiger charge is 2.27. The van der Waals surface area contributed by atoms with Crippen LogP contribution in [-0.4, -0.2) is 83.0 Å². The summed E-state index contributed by atoms with van der Waals surface area (Å²) in [5, 5.41) is 0. The average Bonchev–Trinajstić information content (AvgIpc) is 3.47. The van der Waals surface area contributed by atoms with Gasteiger partial charge in [-0.05, 0) is 73.7 Å². The number of benzene rings is 1. The number of carbonyl (C=O) groups is 1. The Morgan fingerprint density at radius 1 is 0.895 bits per heavy atom. The average molecular weight is 513 g/mol. The van der Waals surface area contributed by atoms with Gasteiger partial charge in [-0.1, -0.05) is 12.1 Å². The van der Waals surface area contributed by atoms with Crippen molar-refractivity contribution in [1.82, 2.24) is 24.8 Å². The fraction of sp³-hybridized carbons (Fsp3) is 0.448. The highest BCUT2D eigenvalue weighted by molar-refractivity contribution is 5.93. The van der Waals surface area contributed by atoms with Crippen molar-refractivity contribution in [2.45, 2.75) is 38.8 Å². The molecule has 3 aliphatic rings. The minimum absolute atomic E-state index is 0.0276. The van der Waals surface area contributed by atoms with Gasteiger partial charge >= 0.3 is 0 Å². The Bertz CT molecular complexity index is 1330. The third-order valence-corrected chi connectivity index (χ3v) is 8.14. The molecule has 9 nitrogen and oxygen atoms in total. The maximum absolute atomic E-state index is 12.9. The summed E-state index contributed by atoms with van der Waals surface area (Å²) in [5.41, 5.74) is 11.4. The summed E-state index contributed by atoms with van der Waals surface area (Å²) in [6, 6.07) is 12.9. The van der Waals surface area contributed by atoms with Crippen LogP contribution >= 0.6 is 0 Å². The number of hydrogen-bond donors (Lipinski definition) is 1. The Hall–Kier alpha value is -3.72. The molecular formula is C29H36N8O. The van der Waals surface area contributed by atoms with Crippen molar-refractivity contribution in [1.29, 1.82) is 0 Å². The quantitative estimate of drug-likeness (QED) is 0.570. The van der Waals surface area contributed by atoms with Gasteiger partial charge in [-0.2, -0.15) is 9.97 Å². The predicted octanol–water partition coefficient (Wildman–Crippen LogP) is 3.06. The van der Waals surface area contributed by atoms with E-state index in [2.05, 4.69) is 67.9 Å². The number of piperazine rings is 1. The maximum atomic E-state index is 12.9. The highest BCUT2D eigenvalue weighted by atomic mass is 16.2.